The van der Waals surface area contributed by atoms with Gasteiger partial charge in [0.1, 0.15) is 5.82 Å². The second-order valence-electron chi connectivity index (χ2n) is 5.11. The minimum absolute atomic E-state index is 0.0743. The quantitative estimate of drug-likeness (QED) is 0.568. The van der Waals surface area contributed by atoms with Gasteiger partial charge in [-0.15, -0.1) is 11.3 Å². The third kappa shape index (κ3) is 3.18. The molecule has 8 heteroatoms. The Morgan fingerprint density at radius 1 is 1.33 bits per heavy atom. The van der Waals surface area contributed by atoms with Gasteiger partial charge in [0.2, 0.25) is 0 Å². The number of nitro benzene ring substituents is 1. The van der Waals surface area contributed by atoms with Crippen molar-refractivity contribution in [1.29, 1.82) is 0 Å². The zero-order valence-corrected chi connectivity index (χ0v) is 13.6. The number of nitrogens with one attached hydrogen (secondary N) is 1. The van der Waals surface area contributed by atoms with E-state index < -0.39 is 10.8 Å². The first-order chi connectivity index (χ1) is 11.6. The van der Waals surface area contributed by atoms with Crippen molar-refractivity contribution in [3.05, 3.63) is 74.1 Å². The van der Waals surface area contributed by atoms with Crippen LogP contribution in [0.1, 0.15) is 20.8 Å². The minimum atomic E-state index is -0.493. The van der Waals surface area contributed by atoms with Crippen LogP contribution < -0.4 is 5.32 Å². The van der Waals surface area contributed by atoms with E-state index in [1.54, 1.807) is 41.3 Å². The van der Waals surface area contributed by atoms with Crippen molar-refractivity contribution in [3.8, 4) is 0 Å². The molecule has 0 aliphatic carbocycles. The third-order valence-corrected chi connectivity index (χ3v) is 4.45. The second kappa shape index (κ2) is 6.63. The van der Waals surface area contributed by atoms with Crippen LogP contribution in [0.25, 0.3) is 0 Å². The highest BCUT2D eigenvalue weighted by atomic mass is 32.1. The highest BCUT2D eigenvalue weighted by Gasteiger charge is 2.19. The van der Waals surface area contributed by atoms with Crippen molar-refractivity contribution in [2.24, 2.45) is 0 Å². The summed E-state index contributed by atoms with van der Waals surface area (Å²) < 4.78 is 1.68. The lowest BCUT2D eigenvalue weighted by atomic mass is 10.1. The van der Waals surface area contributed by atoms with Crippen molar-refractivity contribution in [1.82, 2.24) is 9.78 Å². The van der Waals surface area contributed by atoms with Crippen molar-refractivity contribution in [2.75, 3.05) is 5.32 Å². The van der Waals surface area contributed by atoms with Gasteiger partial charge < -0.3 is 5.32 Å². The van der Waals surface area contributed by atoms with Gasteiger partial charge in [0.15, 0.2) is 0 Å². The molecule has 0 fully saturated rings. The Hall–Kier alpha value is -3.00. The third-order valence-electron chi connectivity index (χ3n) is 3.59. The molecule has 122 valence electrons. The Labute approximate surface area is 141 Å². The molecule has 3 rings (SSSR count). The number of rotatable bonds is 5. The fourth-order valence-corrected chi connectivity index (χ4v) is 3.05. The average molecular weight is 342 g/mol. The Morgan fingerprint density at radius 3 is 2.88 bits per heavy atom. The molecule has 24 heavy (non-hydrogen) atoms. The van der Waals surface area contributed by atoms with Crippen LogP contribution in [-0.2, 0) is 6.54 Å². The number of hydrogen-bond donors (Lipinski definition) is 1. The molecule has 1 amide bonds. The largest absolute Gasteiger partial charge is 0.307 e. The van der Waals surface area contributed by atoms with Crippen molar-refractivity contribution in [2.45, 2.75) is 13.5 Å². The molecule has 0 radical (unpaired) electrons. The first kappa shape index (κ1) is 15.9. The van der Waals surface area contributed by atoms with Crippen molar-refractivity contribution < 1.29 is 9.72 Å². The predicted octanol–water partition coefficient (Wildman–Crippen LogP) is 3.46. The number of carbonyl (C=O) groups excluding carboxylic acids is 1. The first-order valence-corrected chi connectivity index (χ1v) is 8.04. The number of anilines is 1. The maximum absolute atomic E-state index is 12.5. The van der Waals surface area contributed by atoms with Crippen LogP contribution in [0, 0.1) is 17.0 Å². The summed E-state index contributed by atoms with van der Waals surface area (Å²) in [5.74, 6) is 0.142. The molecule has 0 saturated carbocycles. The molecule has 0 bridgehead atoms. The van der Waals surface area contributed by atoms with Gasteiger partial charge in [-0.25, -0.2) is 4.68 Å². The van der Waals surface area contributed by atoms with Gasteiger partial charge in [-0.05, 0) is 24.4 Å². The zero-order valence-electron chi connectivity index (χ0n) is 12.8. The summed E-state index contributed by atoms with van der Waals surface area (Å²) in [5, 5.41) is 20.0. The lowest BCUT2D eigenvalue weighted by Crippen LogP contribution is -2.17. The maximum Gasteiger partial charge on any atom is 0.273 e. The number of benzene rings is 1. The topological polar surface area (TPSA) is 90.1 Å². The Kier molecular flexibility index (Phi) is 4.39. The van der Waals surface area contributed by atoms with E-state index in [4.69, 9.17) is 0 Å². The van der Waals surface area contributed by atoms with Crippen LogP contribution in [-0.4, -0.2) is 20.6 Å². The molecular weight excluding hydrogens is 328 g/mol. The molecule has 0 atom stereocenters. The Bertz CT molecular complexity index is 887. The van der Waals surface area contributed by atoms with Crippen LogP contribution in [0.2, 0.25) is 0 Å². The summed E-state index contributed by atoms with van der Waals surface area (Å²) in [7, 11) is 0. The van der Waals surface area contributed by atoms with Gasteiger partial charge in [-0.1, -0.05) is 12.1 Å². The molecule has 0 saturated heterocycles. The van der Waals surface area contributed by atoms with Crippen LogP contribution >= 0.6 is 11.3 Å². The molecule has 0 aliphatic heterocycles. The van der Waals surface area contributed by atoms with Gasteiger partial charge in [0.25, 0.3) is 11.6 Å². The highest BCUT2D eigenvalue weighted by molar-refractivity contribution is 7.09. The fraction of sp³-hybridized carbons (Fsp3) is 0.125. The van der Waals surface area contributed by atoms with Crippen molar-refractivity contribution >= 4 is 28.7 Å². The minimum Gasteiger partial charge on any atom is -0.307 e. The number of nitrogens with zero attached hydrogens (tertiary/aromatic N) is 3. The van der Waals surface area contributed by atoms with Gasteiger partial charge in [0, 0.05) is 28.1 Å². The summed E-state index contributed by atoms with van der Waals surface area (Å²) in [6.07, 6.45) is 1.60. The number of hydrogen-bond acceptors (Lipinski definition) is 5. The molecule has 0 spiro atoms. The highest BCUT2D eigenvalue weighted by Crippen LogP contribution is 2.22. The van der Waals surface area contributed by atoms with E-state index in [1.165, 1.54) is 12.1 Å². The summed E-state index contributed by atoms with van der Waals surface area (Å²) in [6, 6.07) is 10.1. The van der Waals surface area contributed by atoms with Crippen LogP contribution in [0.3, 0.4) is 0 Å². The van der Waals surface area contributed by atoms with E-state index in [-0.39, 0.29) is 11.3 Å². The first-order valence-electron chi connectivity index (χ1n) is 7.16. The van der Waals surface area contributed by atoms with E-state index >= 15 is 0 Å². The number of carbonyl (C=O) groups is 1. The van der Waals surface area contributed by atoms with Crippen molar-refractivity contribution in [3.63, 3.8) is 0 Å². The lowest BCUT2D eigenvalue weighted by Gasteiger charge is -2.10. The smallest absolute Gasteiger partial charge is 0.273 e. The predicted molar refractivity (Wildman–Crippen MR) is 91.4 cm³/mol. The van der Waals surface area contributed by atoms with Gasteiger partial charge >= 0.3 is 0 Å². The monoisotopic (exact) mass is 342 g/mol. The van der Waals surface area contributed by atoms with Gasteiger partial charge in [0.05, 0.1) is 17.7 Å². The molecule has 3 aromatic rings. The second-order valence-corrected chi connectivity index (χ2v) is 6.15. The number of aromatic nitrogens is 2. The zero-order chi connectivity index (χ0) is 17.1. The number of nitro groups is 1. The molecule has 0 unspecified atom stereocenters. The summed E-state index contributed by atoms with van der Waals surface area (Å²) in [6.45, 7) is 2.12. The van der Waals surface area contributed by atoms with E-state index in [9.17, 15) is 14.9 Å². The Balaban J connectivity index is 1.83. The van der Waals surface area contributed by atoms with E-state index in [1.807, 2.05) is 17.5 Å². The van der Waals surface area contributed by atoms with Crippen LogP contribution in [0.5, 0.6) is 0 Å². The fourth-order valence-electron chi connectivity index (χ4n) is 2.37. The molecular formula is C16H14N4O3S. The molecule has 2 aromatic heterocycles. The Morgan fingerprint density at radius 2 is 2.17 bits per heavy atom. The SMILES string of the molecule is Cc1c(C(=O)Nc2ccnn2Cc2cccs2)cccc1[N+](=O)[O-]. The van der Waals surface area contributed by atoms with Crippen LogP contribution in [0.4, 0.5) is 11.5 Å². The van der Waals surface area contributed by atoms with E-state index in [0.717, 1.165) is 4.88 Å². The summed E-state index contributed by atoms with van der Waals surface area (Å²) in [5.41, 5.74) is 0.534. The van der Waals surface area contributed by atoms with Gasteiger partial charge in [-0.2, -0.15) is 5.10 Å². The van der Waals surface area contributed by atoms with E-state index in [0.29, 0.717) is 17.9 Å². The number of thiophene rings is 1. The molecule has 0 aliphatic rings. The molecule has 2 heterocycles. The standard InChI is InChI=1S/C16H14N4O3S/c1-11-13(5-2-6-14(11)20(22)23)16(21)18-15-7-8-17-19(15)10-12-4-3-9-24-12/h2-9H,10H2,1H3,(H,18,21). The lowest BCUT2D eigenvalue weighted by molar-refractivity contribution is -0.385. The average Bonchev–Trinajstić information content (AvgIpc) is 3.20. The molecule has 7 nitrogen and oxygen atoms in total. The normalized spacial score (nSPS) is 10.5. The molecule has 1 N–H and O–H groups in total. The number of amides is 1. The molecule has 1 aromatic carbocycles. The van der Waals surface area contributed by atoms with E-state index in [2.05, 4.69) is 10.4 Å². The van der Waals surface area contributed by atoms with Crippen LogP contribution in [0.15, 0.2) is 48.0 Å². The summed E-state index contributed by atoms with van der Waals surface area (Å²) >= 11 is 1.60. The maximum atomic E-state index is 12.5. The summed E-state index contributed by atoms with van der Waals surface area (Å²) in [4.78, 5) is 24.1. The van der Waals surface area contributed by atoms with Gasteiger partial charge in [-0.3, -0.25) is 14.9 Å².